The normalized spacial score (nSPS) is 18.6. The van der Waals surface area contributed by atoms with Gasteiger partial charge >= 0.3 is 0 Å². The molecular weight excluding hydrogens is 381 g/mol. The molecule has 150 valence electrons. The molecule has 28 heavy (non-hydrogen) atoms. The molecule has 1 saturated heterocycles. The van der Waals surface area contributed by atoms with Crippen LogP contribution in [0.1, 0.15) is 35.7 Å². The molecule has 0 unspecified atom stereocenters. The molecule has 1 aliphatic rings. The van der Waals surface area contributed by atoms with Crippen molar-refractivity contribution in [1.29, 1.82) is 0 Å². The molecule has 1 fully saturated rings. The van der Waals surface area contributed by atoms with Crippen molar-refractivity contribution < 1.29 is 14.0 Å². The average Bonchev–Trinajstić information content (AvgIpc) is 2.67. The second-order valence-electron chi connectivity index (χ2n) is 6.92. The Labute approximate surface area is 170 Å². The summed E-state index contributed by atoms with van der Waals surface area (Å²) in [5.41, 5.74) is 1.56. The summed E-state index contributed by atoms with van der Waals surface area (Å²) in [7, 11) is 0. The number of benzene rings is 2. The minimum atomic E-state index is -0.344. The maximum atomic E-state index is 13.6. The molecule has 1 heterocycles. The van der Waals surface area contributed by atoms with Crippen molar-refractivity contribution in [3.63, 3.8) is 0 Å². The van der Waals surface area contributed by atoms with E-state index in [9.17, 15) is 14.0 Å². The molecule has 0 radical (unpaired) electrons. The molecular formula is C21H25ClFN3O2. The summed E-state index contributed by atoms with van der Waals surface area (Å²) in [5.74, 6) is -0.614. The monoisotopic (exact) mass is 405 g/mol. The largest absolute Gasteiger partial charge is 0.348 e. The number of carbonyl (C=O) groups excluding carboxylic acids is 2. The smallest absolute Gasteiger partial charge is 0.251 e. The van der Waals surface area contributed by atoms with E-state index in [-0.39, 0.29) is 42.5 Å². The Morgan fingerprint density at radius 1 is 1.14 bits per heavy atom. The van der Waals surface area contributed by atoms with Crippen molar-refractivity contribution in [2.24, 2.45) is 5.92 Å². The van der Waals surface area contributed by atoms with Crippen LogP contribution in [0.15, 0.2) is 48.5 Å². The molecule has 0 bridgehead atoms. The molecule has 2 aromatic carbocycles. The lowest BCUT2D eigenvalue weighted by Gasteiger charge is -2.27. The number of carbonyl (C=O) groups is 2. The molecule has 0 aromatic heterocycles. The Hall–Kier alpha value is -2.44. The van der Waals surface area contributed by atoms with Gasteiger partial charge in [-0.15, -0.1) is 12.4 Å². The zero-order valence-corrected chi connectivity index (χ0v) is 16.5. The van der Waals surface area contributed by atoms with Crippen LogP contribution in [-0.4, -0.2) is 24.4 Å². The molecule has 2 amide bonds. The van der Waals surface area contributed by atoms with Crippen LogP contribution in [0.3, 0.4) is 0 Å². The number of nitrogens with one attached hydrogen (secondary N) is 3. The highest BCUT2D eigenvalue weighted by molar-refractivity contribution is 5.96. The van der Waals surface area contributed by atoms with E-state index >= 15 is 0 Å². The van der Waals surface area contributed by atoms with Gasteiger partial charge in [-0.2, -0.15) is 0 Å². The molecule has 3 N–H and O–H groups in total. The highest BCUT2D eigenvalue weighted by Crippen LogP contribution is 2.19. The van der Waals surface area contributed by atoms with Gasteiger partial charge in [0.1, 0.15) is 5.82 Å². The van der Waals surface area contributed by atoms with Gasteiger partial charge < -0.3 is 16.0 Å². The van der Waals surface area contributed by atoms with Crippen molar-refractivity contribution in [2.45, 2.75) is 32.4 Å². The minimum Gasteiger partial charge on any atom is -0.348 e. The SMILES string of the molecule is C[C@H]1C[C@@H](C(=O)Nc2ccc(C(=O)NCc3ccccc3F)cc2)CCN1.Cl. The van der Waals surface area contributed by atoms with Crippen LogP contribution in [0.25, 0.3) is 0 Å². The third-order valence-corrected chi connectivity index (χ3v) is 4.81. The third-order valence-electron chi connectivity index (χ3n) is 4.81. The van der Waals surface area contributed by atoms with Crippen molar-refractivity contribution >= 4 is 29.9 Å². The highest BCUT2D eigenvalue weighted by atomic mass is 35.5. The van der Waals surface area contributed by atoms with Gasteiger partial charge in [0.15, 0.2) is 0 Å². The van der Waals surface area contributed by atoms with Crippen LogP contribution >= 0.6 is 12.4 Å². The average molecular weight is 406 g/mol. The Bertz CT molecular complexity index is 814. The Morgan fingerprint density at radius 3 is 2.54 bits per heavy atom. The first-order valence-corrected chi connectivity index (χ1v) is 9.19. The van der Waals surface area contributed by atoms with Crippen LogP contribution in [0.4, 0.5) is 10.1 Å². The number of halogens is 2. The van der Waals surface area contributed by atoms with Crippen molar-refractivity contribution in [1.82, 2.24) is 10.6 Å². The lowest BCUT2D eigenvalue weighted by atomic mass is 9.92. The summed E-state index contributed by atoms with van der Waals surface area (Å²) in [4.78, 5) is 24.6. The number of anilines is 1. The van der Waals surface area contributed by atoms with Gasteiger partial charge in [-0.1, -0.05) is 18.2 Å². The summed E-state index contributed by atoms with van der Waals surface area (Å²) in [6.07, 6.45) is 1.65. The van der Waals surface area contributed by atoms with Crippen molar-refractivity contribution in [2.75, 3.05) is 11.9 Å². The van der Waals surface area contributed by atoms with Crippen LogP contribution < -0.4 is 16.0 Å². The third kappa shape index (κ3) is 5.78. The number of amides is 2. The second kappa shape index (κ2) is 10.2. The van der Waals surface area contributed by atoms with Crippen molar-refractivity contribution in [3.05, 3.63) is 65.5 Å². The van der Waals surface area contributed by atoms with Crippen molar-refractivity contribution in [3.8, 4) is 0 Å². The molecule has 0 aliphatic carbocycles. The lowest BCUT2D eigenvalue weighted by molar-refractivity contribution is -0.120. The van der Waals surface area contributed by atoms with E-state index in [4.69, 9.17) is 0 Å². The fraction of sp³-hybridized carbons (Fsp3) is 0.333. The Balaban J connectivity index is 0.00000280. The summed E-state index contributed by atoms with van der Waals surface area (Å²) >= 11 is 0. The molecule has 7 heteroatoms. The topological polar surface area (TPSA) is 70.2 Å². The van der Waals surface area contributed by atoms with E-state index in [0.29, 0.717) is 22.9 Å². The molecule has 0 spiro atoms. The molecule has 0 saturated carbocycles. The zero-order valence-electron chi connectivity index (χ0n) is 15.7. The first kappa shape index (κ1) is 21.9. The van der Waals surface area contributed by atoms with Crippen LogP contribution in [0, 0.1) is 11.7 Å². The molecule has 2 aromatic rings. The first-order chi connectivity index (χ1) is 13.0. The fourth-order valence-electron chi connectivity index (χ4n) is 3.24. The molecule has 2 atom stereocenters. The maximum absolute atomic E-state index is 13.6. The van der Waals surface area contributed by atoms with Gasteiger partial charge in [0.05, 0.1) is 0 Å². The van der Waals surface area contributed by atoms with Gasteiger partial charge in [-0.05, 0) is 56.6 Å². The van der Waals surface area contributed by atoms with Gasteiger partial charge in [0.25, 0.3) is 5.91 Å². The van der Waals surface area contributed by atoms with Crippen LogP contribution in [0.2, 0.25) is 0 Å². The lowest BCUT2D eigenvalue weighted by Crippen LogP contribution is -2.40. The summed E-state index contributed by atoms with van der Waals surface area (Å²) in [6.45, 7) is 3.05. The van der Waals surface area contributed by atoms with Gasteiger partial charge in [0.2, 0.25) is 5.91 Å². The predicted octanol–water partition coefficient (Wildman–Crippen LogP) is 3.50. The quantitative estimate of drug-likeness (QED) is 0.713. The van der Waals surface area contributed by atoms with Gasteiger partial charge in [-0.3, -0.25) is 9.59 Å². The zero-order chi connectivity index (χ0) is 19.2. The molecule has 5 nitrogen and oxygen atoms in total. The summed E-state index contributed by atoms with van der Waals surface area (Å²) in [6, 6.07) is 13.4. The predicted molar refractivity (Wildman–Crippen MR) is 110 cm³/mol. The fourth-order valence-corrected chi connectivity index (χ4v) is 3.24. The highest BCUT2D eigenvalue weighted by Gasteiger charge is 2.24. The molecule has 1 aliphatic heterocycles. The van der Waals surface area contributed by atoms with E-state index in [2.05, 4.69) is 22.9 Å². The summed E-state index contributed by atoms with van der Waals surface area (Å²) in [5, 5.41) is 8.95. The van der Waals surface area contributed by atoms with Crippen LogP contribution in [-0.2, 0) is 11.3 Å². The van der Waals surface area contributed by atoms with E-state index in [1.165, 1.54) is 6.07 Å². The Kier molecular flexibility index (Phi) is 7.96. The van der Waals surface area contributed by atoms with Gasteiger partial charge in [0, 0.05) is 35.3 Å². The second-order valence-corrected chi connectivity index (χ2v) is 6.92. The van der Waals surface area contributed by atoms with E-state index in [1.54, 1.807) is 42.5 Å². The van der Waals surface area contributed by atoms with E-state index in [1.807, 2.05) is 0 Å². The van der Waals surface area contributed by atoms with E-state index in [0.717, 1.165) is 19.4 Å². The Morgan fingerprint density at radius 2 is 1.86 bits per heavy atom. The maximum Gasteiger partial charge on any atom is 0.251 e. The standard InChI is InChI=1S/C21H24FN3O2.ClH/c1-14-12-16(10-11-23-14)21(27)25-18-8-6-15(7-9-18)20(26)24-13-17-4-2-3-5-19(17)22;/h2-9,14,16,23H,10-13H2,1H3,(H,24,26)(H,25,27);1H/t14-,16-;/m0./s1. The minimum absolute atomic E-state index is 0. The van der Waals surface area contributed by atoms with E-state index < -0.39 is 0 Å². The number of rotatable bonds is 5. The van der Waals surface area contributed by atoms with Crippen LogP contribution in [0.5, 0.6) is 0 Å². The number of piperidine rings is 1. The van der Waals surface area contributed by atoms with Gasteiger partial charge in [-0.25, -0.2) is 4.39 Å². The first-order valence-electron chi connectivity index (χ1n) is 9.19. The summed E-state index contributed by atoms with van der Waals surface area (Å²) < 4.78 is 13.6. The number of hydrogen-bond donors (Lipinski definition) is 3. The number of hydrogen-bond acceptors (Lipinski definition) is 3. The molecule has 3 rings (SSSR count).